The Hall–Kier alpha value is -1.89. The van der Waals surface area contributed by atoms with Gasteiger partial charge in [0.05, 0.1) is 5.56 Å². The molecule has 0 aromatic heterocycles. The van der Waals surface area contributed by atoms with E-state index in [2.05, 4.69) is 12.2 Å². The summed E-state index contributed by atoms with van der Waals surface area (Å²) in [6.07, 6.45) is 4.07. The number of nitrogens with zero attached hydrogens (tertiary/aromatic N) is 1. The summed E-state index contributed by atoms with van der Waals surface area (Å²) in [7, 11) is -3.91. The van der Waals surface area contributed by atoms with Crippen LogP contribution in [0.2, 0.25) is 0 Å². The summed E-state index contributed by atoms with van der Waals surface area (Å²) in [5.41, 5.74) is 0.123. The van der Waals surface area contributed by atoms with Crippen LogP contribution < -0.4 is 5.32 Å². The van der Waals surface area contributed by atoms with Crippen molar-refractivity contribution in [2.45, 2.75) is 37.5 Å². The number of carbonyl (C=O) groups is 2. The molecule has 1 aliphatic heterocycles. The van der Waals surface area contributed by atoms with Crippen molar-refractivity contribution in [2.75, 3.05) is 13.1 Å². The third-order valence-corrected chi connectivity index (χ3v) is 5.34. The average Bonchev–Trinajstić information content (AvgIpc) is 2.69. The van der Waals surface area contributed by atoms with Gasteiger partial charge < -0.3 is 5.32 Å². The summed E-state index contributed by atoms with van der Waals surface area (Å²) in [6.45, 7) is 2.12. The number of carbonyl (C=O) groups excluding carboxylic acids is 2. The van der Waals surface area contributed by atoms with Crippen LogP contribution in [0.15, 0.2) is 29.2 Å². The number of fused-ring (bicyclic) bond motifs is 1. The molecule has 7 heteroatoms. The van der Waals surface area contributed by atoms with Crippen LogP contribution in [-0.4, -0.2) is 37.6 Å². The van der Waals surface area contributed by atoms with Gasteiger partial charge in [-0.25, -0.2) is 12.7 Å². The van der Waals surface area contributed by atoms with E-state index in [9.17, 15) is 18.0 Å². The van der Waals surface area contributed by atoms with Crippen LogP contribution >= 0.6 is 0 Å². The molecule has 1 aromatic rings. The first-order valence-corrected chi connectivity index (χ1v) is 8.85. The standard InChI is InChI=1S/C15H20N2O4S/c1-2-3-4-7-10-16-14(18)11-17-15(19)12-8-5-6-9-13(12)22(17,20)21/h5-6,8-9H,2-4,7,10-11H2,1H3,(H,16,18). The van der Waals surface area contributed by atoms with Gasteiger partial charge in [0.2, 0.25) is 5.91 Å². The minimum absolute atomic E-state index is 0.0317. The quantitative estimate of drug-likeness (QED) is 0.771. The molecule has 1 aromatic carbocycles. The molecule has 0 aliphatic carbocycles. The van der Waals surface area contributed by atoms with Gasteiger partial charge in [-0.05, 0) is 18.6 Å². The lowest BCUT2D eigenvalue weighted by atomic mass is 10.2. The summed E-state index contributed by atoms with van der Waals surface area (Å²) in [5, 5.41) is 2.66. The van der Waals surface area contributed by atoms with Crippen molar-refractivity contribution < 1.29 is 18.0 Å². The van der Waals surface area contributed by atoms with Gasteiger partial charge in [0.25, 0.3) is 15.9 Å². The minimum Gasteiger partial charge on any atom is -0.355 e. The lowest BCUT2D eigenvalue weighted by Gasteiger charge is -2.14. The van der Waals surface area contributed by atoms with E-state index >= 15 is 0 Å². The molecule has 0 bridgehead atoms. The Labute approximate surface area is 130 Å². The number of hydrogen-bond acceptors (Lipinski definition) is 4. The molecule has 2 rings (SSSR count). The average molecular weight is 324 g/mol. The van der Waals surface area contributed by atoms with Gasteiger partial charge >= 0.3 is 0 Å². The summed E-state index contributed by atoms with van der Waals surface area (Å²) in [6, 6.07) is 5.99. The fourth-order valence-corrected chi connectivity index (χ4v) is 3.88. The van der Waals surface area contributed by atoms with Gasteiger partial charge in [-0.15, -0.1) is 0 Å². The summed E-state index contributed by atoms with van der Waals surface area (Å²) < 4.78 is 25.2. The predicted molar refractivity (Wildman–Crippen MR) is 81.8 cm³/mol. The Morgan fingerprint density at radius 3 is 2.59 bits per heavy atom. The molecule has 1 heterocycles. The lowest BCUT2D eigenvalue weighted by Crippen LogP contribution is -2.40. The van der Waals surface area contributed by atoms with Crippen LogP contribution in [0.5, 0.6) is 0 Å². The highest BCUT2D eigenvalue weighted by Gasteiger charge is 2.41. The zero-order valence-electron chi connectivity index (χ0n) is 12.5. The number of unbranched alkanes of at least 4 members (excludes halogenated alkanes) is 3. The molecule has 1 aliphatic rings. The molecule has 0 radical (unpaired) electrons. The number of nitrogens with one attached hydrogen (secondary N) is 1. The molecule has 6 nitrogen and oxygen atoms in total. The van der Waals surface area contributed by atoms with Crippen LogP contribution in [0, 0.1) is 0 Å². The summed E-state index contributed by atoms with van der Waals surface area (Å²) in [5.74, 6) is -1.10. The van der Waals surface area contributed by atoms with E-state index in [0.29, 0.717) is 10.8 Å². The Morgan fingerprint density at radius 1 is 1.18 bits per heavy atom. The topological polar surface area (TPSA) is 83.6 Å². The van der Waals surface area contributed by atoms with E-state index in [4.69, 9.17) is 0 Å². The van der Waals surface area contributed by atoms with Gasteiger partial charge in [-0.2, -0.15) is 0 Å². The number of rotatable bonds is 7. The Balaban J connectivity index is 1.97. The van der Waals surface area contributed by atoms with Crippen LogP contribution in [0.4, 0.5) is 0 Å². The van der Waals surface area contributed by atoms with Gasteiger partial charge in [0.15, 0.2) is 0 Å². The maximum absolute atomic E-state index is 12.3. The number of benzene rings is 1. The second-order valence-corrected chi connectivity index (χ2v) is 7.05. The van der Waals surface area contributed by atoms with E-state index in [0.717, 1.165) is 25.7 Å². The van der Waals surface area contributed by atoms with Crippen molar-refractivity contribution in [3.05, 3.63) is 29.8 Å². The molecule has 2 amide bonds. The molecular weight excluding hydrogens is 304 g/mol. The van der Waals surface area contributed by atoms with E-state index in [1.165, 1.54) is 12.1 Å². The largest absolute Gasteiger partial charge is 0.355 e. The van der Waals surface area contributed by atoms with Gasteiger partial charge in [0, 0.05) is 6.54 Å². The van der Waals surface area contributed by atoms with Gasteiger partial charge in [0.1, 0.15) is 11.4 Å². The normalized spacial score (nSPS) is 15.7. The molecule has 0 fully saturated rings. The van der Waals surface area contributed by atoms with Crippen LogP contribution in [0.3, 0.4) is 0 Å². The molecule has 0 saturated carbocycles. The monoisotopic (exact) mass is 324 g/mol. The van der Waals surface area contributed by atoms with Crippen LogP contribution in [0.1, 0.15) is 43.0 Å². The van der Waals surface area contributed by atoms with Crippen molar-refractivity contribution in [1.82, 2.24) is 9.62 Å². The third-order valence-electron chi connectivity index (χ3n) is 3.55. The summed E-state index contributed by atoms with van der Waals surface area (Å²) >= 11 is 0. The first-order chi connectivity index (χ1) is 10.5. The minimum atomic E-state index is -3.91. The SMILES string of the molecule is CCCCCCNC(=O)CN1C(=O)c2ccccc2S1(=O)=O. The fourth-order valence-electron chi connectivity index (χ4n) is 2.35. The van der Waals surface area contributed by atoms with E-state index in [1.807, 2.05) is 0 Å². The molecular formula is C15H20N2O4S. The second kappa shape index (κ2) is 6.91. The zero-order valence-corrected chi connectivity index (χ0v) is 13.4. The lowest BCUT2D eigenvalue weighted by molar-refractivity contribution is -0.121. The smallest absolute Gasteiger partial charge is 0.269 e. The van der Waals surface area contributed by atoms with Gasteiger partial charge in [-0.1, -0.05) is 38.3 Å². The van der Waals surface area contributed by atoms with Crippen LogP contribution in [0.25, 0.3) is 0 Å². The van der Waals surface area contributed by atoms with E-state index < -0.39 is 28.4 Å². The molecule has 1 N–H and O–H groups in total. The van der Waals surface area contributed by atoms with Crippen molar-refractivity contribution in [3.63, 3.8) is 0 Å². The number of hydrogen-bond donors (Lipinski definition) is 1. The Bertz CT molecular complexity index is 670. The highest BCUT2D eigenvalue weighted by Crippen LogP contribution is 2.29. The summed E-state index contributed by atoms with van der Waals surface area (Å²) in [4.78, 5) is 23.9. The van der Waals surface area contributed by atoms with E-state index in [1.54, 1.807) is 12.1 Å². The van der Waals surface area contributed by atoms with Crippen molar-refractivity contribution in [3.8, 4) is 0 Å². The van der Waals surface area contributed by atoms with Gasteiger partial charge in [-0.3, -0.25) is 9.59 Å². The first-order valence-electron chi connectivity index (χ1n) is 7.41. The maximum atomic E-state index is 12.3. The fraction of sp³-hybridized carbons (Fsp3) is 0.467. The number of sulfonamides is 1. The molecule has 120 valence electrons. The van der Waals surface area contributed by atoms with Crippen molar-refractivity contribution in [2.24, 2.45) is 0 Å². The zero-order chi connectivity index (χ0) is 16.2. The Kier molecular flexibility index (Phi) is 5.18. The number of amides is 2. The van der Waals surface area contributed by atoms with E-state index in [-0.39, 0.29) is 10.5 Å². The molecule has 0 spiro atoms. The Morgan fingerprint density at radius 2 is 1.91 bits per heavy atom. The molecule has 22 heavy (non-hydrogen) atoms. The first kappa shape index (κ1) is 16.5. The molecule has 0 saturated heterocycles. The van der Waals surface area contributed by atoms with Crippen molar-refractivity contribution >= 4 is 21.8 Å². The predicted octanol–water partition coefficient (Wildman–Crippen LogP) is 1.53. The van der Waals surface area contributed by atoms with Crippen LogP contribution in [-0.2, 0) is 14.8 Å². The molecule has 0 atom stereocenters. The van der Waals surface area contributed by atoms with Crippen molar-refractivity contribution in [1.29, 1.82) is 0 Å². The second-order valence-electron chi connectivity index (χ2n) is 5.22. The maximum Gasteiger partial charge on any atom is 0.269 e. The highest BCUT2D eigenvalue weighted by atomic mass is 32.2. The highest BCUT2D eigenvalue weighted by molar-refractivity contribution is 7.90. The molecule has 0 unspecified atom stereocenters. The third kappa shape index (κ3) is 3.30.